The lowest BCUT2D eigenvalue weighted by molar-refractivity contribution is -0.131. The first-order valence-electron chi connectivity index (χ1n) is 7.06. The van der Waals surface area contributed by atoms with Crippen molar-refractivity contribution < 1.29 is 9.53 Å². The number of carbonyl (C=O) groups excluding carboxylic acids is 1. The van der Waals surface area contributed by atoms with Gasteiger partial charge in [0, 0.05) is 12.3 Å². The van der Waals surface area contributed by atoms with Crippen LogP contribution in [0.2, 0.25) is 0 Å². The molecule has 0 aliphatic heterocycles. The van der Waals surface area contributed by atoms with Crippen molar-refractivity contribution in [1.29, 1.82) is 0 Å². The summed E-state index contributed by atoms with van der Waals surface area (Å²) in [6, 6.07) is 14.4. The number of hydrogen-bond acceptors (Lipinski definition) is 2. The van der Waals surface area contributed by atoms with Gasteiger partial charge in [0.1, 0.15) is 5.75 Å². The molecule has 2 heteroatoms. The van der Waals surface area contributed by atoms with Crippen molar-refractivity contribution in [2.24, 2.45) is 0 Å². The molecule has 102 valence electrons. The zero-order chi connectivity index (χ0) is 14.4. The first-order valence-corrected chi connectivity index (χ1v) is 7.06. The minimum Gasteiger partial charge on any atom is -0.426 e. The minimum atomic E-state index is -0.287. The average molecular weight is 274 g/mol. The van der Waals surface area contributed by atoms with E-state index in [0.29, 0.717) is 5.75 Å². The SMILES string of the molecule is CC(=O)Oc1cc2c3c(ccc2c2ccccc12)C=CC3. The second-order valence-electron chi connectivity index (χ2n) is 5.35. The lowest BCUT2D eigenvalue weighted by Gasteiger charge is -2.12. The fraction of sp³-hybridized carbons (Fsp3) is 0.105. The van der Waals surface area contributed by atoms with Gasteiger partial charge in [0.25, 0.3) is 0 Å². The van der Waals surface area contributed by atoms with Crippen LogP contribution < -0.4 is 4.74 Å². The van der Waals surface area contributed by atoms with Gasteiger partial charge in [0.2, 0.25) is 0 Å². The Morgan fingerprint density at radius 2 is 1.76 bits per heavy atom. The molecule has 3 aromatic rings. The predicted octanol–water partition coefficient (Wildman–Crippen LogP) is 4.49. The molecule has 0 heterocycles. The van der Waals surface area contributed by atoms with E-state index >= 15 is 0 Å². The van der Waals surface area contributed by atoms with Gasteiger partial charge in [0.15, 0.2) is 0 Å². The molecule has 0 N–H and O–H groups in total. The third kappa shape index (κ3) is 1.83. The maximum Gasteiger partial charge on any atom is 0.308 e. The molecule has 0 unspecified atom stereocenters. The van der Waals surface area contributed by atoms with E-state index in [4.69, 9.17) is 4.74 Å². The van der Waals surface area contributed by atoms with E-state index in [-0.39, 0.29) is 5.97 Å². The summed E-state index contributed by atoms with van der Waals surface area (Å²) in [5, 5.41) is 4.49. The van der Waals surface area contributed by atoms with E-state index in [1.54, 1.807) is 0 Å². The second-order valence-corrected chi connectivity index (χ2v) is 5.35. The molecule has 2 nitrogen and oxygen atoms in total. The normalized spacial score (nSPS) is 12.8. The molecule has 0 spiro atoms. The van der Waals surface area contributed by atoms with Crippen LogP contribution in [-0.2, 0) is 11.2 Å². The lowest BCUT2D eigenvalue weighted by atomic mass is 9.95. The first-order chi connectivity index (χ1) is 10.2. The molecule has 1 aliphatic rings. The molecule has 0 aromatic heterocycles. The molecule has 0 saturated carbocycles. The van der Waals surface area contributed by atoms with Gasteiger partial charge in [-0.05, 0) is 39.8 Å². The quantitative estimate of drug-likeness (QED) is 0.371. The number of benzene rings is 3. The molecule has 21 heavy (non-hydrogen) atoms. The van der Waals surface area contributed by atoms with Crippen LogP contribution in [0.25, 0.3) is 27.6 Å². The minimum absolute atomic E-state index is 0.287. The van der Waals surface area contributed by atoms with Crippen LogP contribution in [0.3, 0.4) is 0 Å². The molecule has 3 aromatic carbocycles. The van der Waals surface area contributed by atoms with Crippen molar-refractivity contribution in [3.05, 3.63) is 59.7 Å². The maximum atomic E-state index is 11.4. The van der Waals surface area contributed by atoms with E-state index in [0.717, 1.165) is 17.2 Å². The summed E-state index contributed by atoms with van der Waals surface area (Å²) in [7, 11) is 0. The molecule has 0 bridgehead atoms. The van der Waals surface area contributed by atoms with Gasteiger partial charge in [0.05, 0.1) is 0 Å². The molecule has 0 saturated heterocycles. The standard InChI is InChI=1S/C19H14O2/c1-12(20)21-19-11-18-14-8-4-5-13(14)9-10-16(18)15-6-2-3-7-17(15)19/h2-7,9-11H,8H2,1H3. The summed E-state index contributed by atoms with van der Waals surface area (Å²) >= 11 is 0. The van der Waals surface area contributed by atoms with Crippen molar-refractivity contribution in [3.8, 4) is 5.75 Å². The molecule has 1 aliphatic carbocycles. The van der Waals surface area contributed by atoms with Crippen molar-refractivity contribution >= 4 is 33.6 Å². The number of esters is 1. The van der Waals surface area contributed by atoms with E-state index in [1.165, 1.54) is 28.8 Å². The summed E-state index contributed by atoms with van der Waals surface area (Å²) in [4.78, 5) is 11.4. The number of carbonyl (C=O) groups is 1. The number of allylic oxidation sites excluding steroid dienone is 1. The summed E-state index contributed by atoms with van der Waals surface area (Å²) < 4.78 is 5.44. The number of ether oxygens (including phenoxy) is 1. The highest BCUT2D eigenvalue weighted by Gasteiger charge is 2.14. The molecule has 0 atom stereocenters. The van der Waals surface area contributed by atoms with Gasteiger partial charge < -0.3 is 4.74 Å². The molecular weight excluding hydrogens is 260 g/mol. The average Bonchev–Trinajstić information content (AvgIpc) is 2.95. The van der Waals surface area contributed by atoms with Crippen LogP contribution in [0.5, 0.6) is 5.75 Å². The Morgan fingerprint density at radius 1 is 1.00 bits per heavy atom. The number of rotatable bonds is 1. The van der Waals surface area contributed by atoms with Crippen molar-refractivity contribution in [1.82, 2.24) is 0 Å². The van der Waals surface area contributed by atoms with Gasteiger partial charge in [-0.25, -0.2) is 0 Å². The Kier molecular flexibility index (Phi) is 2.58. The third-order valence-electron chi connectivity index (χ3n) is 4.02. The Hall–Kier alpha value is -2.61. The predicted molar refractivity (Wildman–Crippen MR) is 85.5 cm³/mol. The largest absolute Gasteiger partial charge is 0.426 e. The van der Waals surface area contributed by atoms with Crippen LogP contribution in [-0.4, -0.2) is 5.97 Å². The summed E-state index contributed by atoms with van der Waals surface area (Å²) in [6.07, 6.45) is 5.25. The topological polar surface area (TPSA) is 26.3 Å². The smallest absolute Gasteiger partial charge is 0.308 e. The molecule has 0 fully saturated rings. The summed E-state index contributed by atoms with van der Waals surface area (Å²) in [6.45, 7) is 1.44. The molecule has 4 rings (SSSR count). The fourth-order valence-corrected chi connectivity index (χ4v) is 3.15. The Labute approximate surface area is 122 Å². The first kappa shape index (κ1) is 12.2. The highest BCUT2D eigenvalue weighted by molar-refractivity contribution is 6.12. The van der Waals surface area contributed by atoms with Gasteiger partial charge in [-0.15, -0.1) is 0 Å². The number of fused-ring (bicyclic) bond motifs is 5. The van der Waals surface area contributed by atoms with Crippen molar-refractivity contribution in [2.45, 2.75) is 13.3 Å². The molecule has 0 radical (unpaired) electrons. The summed E-state index contributed by atoms with van der Waals surface area (Å²) in [5.74, 6) is 0.358. The highest BCUT2D eigenvalue weighted by Crippen LogP contribution is 2.37. The summed E-state index contributed by atoms with van der Waals surface area (Å²) in [5.41, 5.74) is 2.57. The van der Waals surface area contributed by atoms with Crippen molar-refractivity contribution in [3.63, 3.8) is 0 Å². The van der Waals surface area contributed by atoms with Crippen LogP contribution >= 0.6 is 0 Å². The zero-order valence-corrected chi connectivity index (χ0v) is 11.7. The Bertz CT molecular complexity index is 920. The van der Waals surface area contributed by atoms with E-state index in [9.17, 15) is 4.79 Å². The third-order valence-corrected chi connectivity index (χ3v) is 4.02. The van der Waals surface area contributed by atoms with Crippen LogP contribution in [0.4, 0.5) is 0 Å². The van der Waals surface area contributed by atoms with Gasteiger partial charge in [-0.2, -0.15) is 0 Å². The molecule has 0 amide bonds. The van der Waals surface area contributed by atoms with Crippen LogP contribution in [0.15, 0.2) is 48.5 Å². The maximum absolute atomic E-state index is 11.4. The van der Waals surface area contributed by atoms with E-state index in [2.05, 4.69) is 30.4 Å². The molecular formula is C19H14O2. The van der Waals surface area contributed by atoms with E-state index in [1.807, 2.05) is 24.3 Å². The number of hydrogen-bond donors (Lipinski definition) is 0. The highest BCUT2D eigenvalue weighted by atomic mass is 16.5. The Morgan fingerprint density at radius 3 is 2.57 bits per heavy atom. The van der Waals surface area contributed by atoms with Gasteiger partial charge in [-0.1, -0.05) is 48.6 Å². The van der Waals surface area contributed by atoms with Gasteiger partial charge >= 0.3 is 5.97 Å². The van der Waals surface area contributed by atoms with Crippen LogP contribution in [0.1, 0.15) is 18.1 Å². The van der Waals surface area contributed by atoms with E-state index < -0.39 is 0 Å². The second kappa shape index (κ2) is 4.45. The van der Waals surface area contributed by atoms with Crippen LogP contribution in [0, 0.1) is 0 Å². The zero-order valence-electron chi connectivity index (χ0n) is 11.7. The lowest BCUT2D eigenvalue weighted by Crippen LogP contribution is -2.02. The Balaban J connectivity index is 2.14. The van der Waals surface area contributed by atoms with Crippen molar-refractivity contribution in [2.75, 3.05) is 0 Å². The monoisotopic (exact) mass is 274 g/mol. The van der Waals surface area contributed by atoms with Gasteiger partial charge in [-0.3, -0.25) is 4.79 Å². The fourth-order valence-electron chi connectivity index (χ4n) is 3.15.